The maximum atomic E-state index is 12.8. The minimum atomic E-state index is -0.781. The van der Waals surface area contributed by atoms with E-state index in [0.717, 1.165) is 5.69 Å². The molecule has 0 saturated heterocycles. The van der Waals surface area contributed by atoms with Crippen molar-refractivity contribution in [3.63, 3.8) is 0 Å². The molecule has 0 aliphatic heterocycles. The van der Waals surface area contributed by atoms with Crippen molar-refractivity contribution in [1.82, 2.24) is 35.3 Å². The highest BCUT2D eigenvalue weighted by molar-refractivity contribution is 6.04. The molecule has 0 atom stereocenters. The lowest BCUT2D eigenvalue weighted by Crippen LogP contribution is -2.41. The summed E-state index contributed by atoms with van der Waals surface area (Å²) in [5, 5.41) is 11.3. The molecule has 0 fully saturated rings. The second-order valence-corrected chi connectivity index (χ2v) is 6.62. The first kappa shape index (κ1) is 16.7. The molecule has 0 unspecified atom stereocenters. The Kier molecular flexibility index (Phi) is 3.84. The summed E-state index contributed by atoms with van der Waals surface area (Å²) >= 11 is 0. The fraction of sp³-hybridized carbons (Fsp3) is 0.167. The molecule has 0 aliphatic carbocycles. The van der Waals surface area contributed by atoms with Crippen LogP contribution in [0.5, 0.6) is 0 Å². The Morgan fingerprint density at radius 3 is 2.70 bits per heavy atom. The van der Waals surface area contributed by atoms with Crippen LogP contribution in [-0.4, -0.2) is 35.9 Å². The molecule has 0 radical (unpaired) electrons. The van der Waals surface area contributed by atoms with Gasteiger partial charge in [-0.25, -0.2) is 14.5 Å². The van der Waals surface area contributed by atoms with Crippen LogP contribution >= 0.6 is 0 Å². The van der Waals surface area contributed by atoms with Crippen molar-refractivity contribution < 1.29 is 4.79 Å². The Hall–Kier alpha value is -3.75. The van der Waals surface area contributed by atoms with E-state index in [1.54, 1.807) is 16.9 Å². The molecule has 1 aromatic carbocycles. The van der Waals surface area contributed by atoms with Crippen LogP contribution in [0.4, 0.5) is 0 Å². The summed E-state index contributed by atoms with van der Waals surface area (Å²) in [6, 6.07) is 11.1. The third kappa shape index (κ3) is 3.10. The summed E-state index contributed by atoms with van der Waals surface area (Å²) in [7, 11) is 0. The number of pyridine rings is 1. The summed E-state index contributed by atoms with van der Waals surface area (Å²) in [6.45, 7) is 3.67. The first-order valence-corrected chi connectivity index (χ1v) is 8.32. The fourth-order valence-electron chi connectivity index (χ4n) is 2.80. The first-order valence-electron chi connectivity index (χ1n) is 8.32. The van der Waals surface area contributed by atoms with Crippen molar-refractivity contribution in [2.24, 2.45) is 0 Å². The molecule has 136 valence electrons. The summed E-state index contributed by atoms with van der Waals surface area (Å²) in [6.07, 6.45) is 3.25. The van der Waals surface area contributed by atoms with E-state index in [1.165, 1.54) is 6.20 Å². The van der Waals surface area contributed by atoms with Crippen molar-refractivity contribution >= 4 is 17.1 Å². The maximum absolute atomic E-state index is 12.8. The number of amides is 1. The highest BCUT2D eigenvalue weighted by atomic mass is 16.2. The van der Waals surface area contributed by atoms with Gasteiger partial charge in [0.1, 0.15) is 5.69 Å². The normalized spacial score (nSPS) is 11.6. The van der Waals surface area contributed by atoms with E-state index in [0.29, 0.717) is 22.4 Å². The van der Waals surface area contributed by atoms with Crippen molar-refractivity contribution in [3.05, 3.63) is 70.5 Å². The smallest absolute Gasteiger partial charge is 0.325 e. The number of aromatic amines is 2. The number of para-hydroxylation sites is 1. The zero-order chi connectivity index (χ0) is 19.0. The zero-order valence-corrected chi connectivity index (χ0v) is 14.7. The van der Waals surface area contributed by atoms with E-state index in [9.17, 15) is 9.59 Å². The number of nitrogens with one attached hydrogen (secondary N) is 3. The number of hydrogen-bond donors (Lipinski definition) is 3. The molecule has 3 N–H and O–H groups in total. The van der Waals surface area contributed by atoms with Crippen molar-refractivity contribution in [2.75, 3.05) is 0 Å². The van der Waals surface area contributed by atoms with Gasteiger partial charge in [-0.05, 0) is 32.0 Å². The maximum Gasteiger partial charge on any atom is 0.325 e. The van der Waals surface area contributed by atoms with Crippen molar-refractivity contribution in [3.8, 4) is 5.69 Å². The molecular formula is C18H17N7O2. The van der Waals surface area contributed by atoms with E-state index in [2.05, 4.69) is 30.6 Å². The van der Waals surface area contributed by atoms with Gasteiger partial charge in [0.2, 0.25) is 0 Å². The minimum Gasteiger partial charge on any atom is -0.341 e. The number of imidazole rings is 1. The fourth-order valence-corrected chi connectivity index (χ4v) is 2.80. The molecule has 0 aliphatic rings. The second-order valence-electron chi connectivity index (χ2n) is 6.62. The van der Waals surface area contributed by atoms with E-state index in [4.69, 9.17) is 0 Å². The highest BCUT2D eigenvalue weighted by Crippen LogP contribution is 2.20. The molecule has 4 aromatic rings. The summed E-state index contributed by atoms with van der Waals surface area (Å²) in [5.74, 6) is -0.350. The average molecular weight is 363 g/mol. The van der Waals surface area contributed by atoms with Crippen molar-refractivity contribution in [1.29, 1.82) is 0 Å². The standard InChI is InChI=1S/C18H17N7O2/c1-18(2,13-10-25(24-23-13)11-6-4-3-5-7-11)22-16(26)12-8-9-19-15-14(12)20-17(27)21-15/h3-10H,1-2H3,(H,22,26)(H2,19,20,21,27). The lowest BCUT2D eigenvalue weighted by atomic mass is 10.0. The van der Waals surface area contributed by atoms with Gasteiger partial charge in [-0.1, -0.05) is 23.4 Å². The molecule has 3 heterocycles. The Bertz CT molecular complexity index is 1170. The minimum absolute atomic E-state index is 0.321. The number of hydrogen-bond acceptors (Lipinski definition) is 5. The van der Waals surface area contributed by atoms with Crippen LogP contribution in [0.2, 0.25) is 0 Å². The Labute approximate surface area is 153 Å². The molecule has 0 bridgehead atoms. The molecule has 1 amide bonds. The zero-order valence-electron chi connectivity index (χ0n) is 14.7. The summed E-state index contributed by atoms with van der Waals surface area (Å²) in [4.78, 5) is 33.5. The quantitative estimate of drug-likeness (QED) is 0.507. The number of H-pyrrole nitrogens is 2. The van der Waals surface area contributed by atoms with Gasteiger partial charge in [0, 0.05) is 6.20 Å². The predicted molar refractivity (Wildman–Crippen MR) is 98.6 cm³/mol. The molecule has 27 heavy (non-hydrogen) atoms. The second kappa shape index (κ2) is 6.20. The van der Waals surface area contributed by atoms with Gasteiger partial charge < -0.3 is 10.3 Å². The Morgan fingerprint density at radius 2 is 1.93 bits per heavy atom. The number of fused-ring (bicyclic) bond motifs is 1. The number of carbonyl (C=O) groups is 1. The Morgan fingerprint density at radius 1 is 1.15 bits per heavy atom. The molecular weight excluding hydrogens is 346 g/mol. The van der Waals surface area contributed by atoms with Crippen LogP contribution in [-0.2, 0) is 5.54 Å². The molecule has 4 rings (SSSR count). The van der Waals surface area contributed by atoms with E-state index in [1.807, 2.05) is 44.2 Å². The summed E-state index contributed by atoms with van der Waals surface area (Å²) in [5.41, 5.74) is 1.30. The third-order valence-corrected chi connectivity index (χ3v) is 4.25. The number of aromatic nitrogens is 6. The SMILES string of the molecule is CC(C)(NC(=O)c1ccnc2[nH]c(=O)[nH]c12)c1cn(-c2ccccc2)nn1. The lowest BCUT2D eigenvalue weighted by molar-refractivity contribution is 0.0912. The third-order valence-electron chi connectivity index (χ3n) is 4.25. The van der Waals surface area contributed by atoms with E-state index < -0.39 is 11.2 Å². The number of benzene rings is 1. The average Bonchev–Trinajstić information content (AvgIpc) is 3.28. The number of nitrogens with zero attached hydrogens (tertiary/aromatic N) is 4. The largest absolute Gasteiger partial charge is 0.341 e. The monoisotopic (exact) mass is 363 g/mol. The van der Waals surface area contributed by atoms with Crippen LogP contribution < -0.4 is 11.0 Å². The van der Waals surface area contributed by atoms with Crippen LogP contribution in [0, 0.1) is 0 Å². The van der Waals surface area contributed by atoms with Gasteiger partial charge in [0.25, 0.3) is 5.91 Å². The topological polar surface area (TPSA) is 121 Å². The molecule has 9 nitrogen and oxygen atoms in total. The van der Waals surface area contributed by atoms with Gasteiger partial charge in [-0.15, -0.1) is 5.10 Å². The van der Waals surface area contributed by atoms with Crippen LogP contribution in [0.1, 0.15) is 29.9 Å². The number of carbonyl (C=O) groups excluding carboxylic acids is 1. The van der Waals surface area contributed by atoms with Gasteiger partial charge in [0.05, 0.1) is 28.5 Å². The van der Waals surface area contributed by atoms with Gasteiger partial charge >= 0.3 is 5.69 Å². The first-order chi connectivity index (χ1) is 12.9. The molecule has 3 aromatic heterocycles. The highest BCUT2D eigenvalue weighted by Gasteiger charge is 2.28. The van der Waals surface area contributed by atoms with Crippen molar-refractivity contribution in [2.45, 2.75) is 19.4 Å². The van der Waals surface area contributed by atoms with Gasteiger partial charge in [-0.2, -0.15) is 0 Å². The van der Waals surface area contributed by atoms with Gasteiger partial charge in [0.15, 0.2) is 5.65 Å². The molecule has 0 saturated carbocycles. The van der Waals surface area contributed by atoms with Crippen LogP contribution in [0.15, 0.2) is 53.6 Å². The van der Waals surface area contributed by atoms with Crippen LogP contribution in [0.3, 0.4) is 0 Å². The molecule has 9 heteroatoms. The predicted octanol–water partition coefficient (Wildman–Crippen LogP) is 1.50. The lowest BCUT2D eigenvalue weighted by Gasteiger charge is -2.23. The summed E-state index contributed by atoms with van der Waals surface area (Å²) < 4.78 is 1.65. The number of rotatable bonds is 4. The van der Waals surface area contributed by atoms with E-state index >= 15 is 0 Å². The molecule has 0 spiro atoms. The van der Waals surface area contributed by atoms with Crippen LogP contribution in [0.25, 0.3) is 16.9 Å². The Balaban J connectivity index is 1.62. The van der Waals surface area contributed by atoms with Gasteiger partial charge in [-0.3, -0.25) is 9.78 Å². The van der Waals surface area contributed by atoms with E-state index in [-0.39, 0.29) is 5.91 Å².